The molecule has 1 unspecified atom stereocenters. The predicted molar refractivity (Wildman–Crippen MR) is 69.1 cm³/mol. The molecule has 1 saturated carbocycles. The second kappa shape index (κ2) is 5.16. The minimum absolute atomic E-state index is 0.203. The number of nitrogens with one attached hydrogen (secondary N) is 1. The number of thioether (sulfide) groups is 1. The maximum atomic E-state index is 11.5. The summed E-state index contributed by atoms with van der Waals surface area (Å²) >= 11 is 1.38. The molecule has 0 saturated heterocycles. The van der Waals surface area contributed by atoms with Gasteiger partial charge in [-0.1, -0.05) is 18.7 Å². The molecule has 1 aromatic heterocycles. The molecular formula is C11H17N5OS. The molecule has 1 heterocycles. The van der Waals surface area contributed by atoms with E-state index < -0.39 is 5.54 Å². The lowest BCUT2D eigenvalue weighted by Gasteiger charge is -2.19. The number of aromatic amines is 1. The molecule has 1 fully saturated rings. The highest BCUT2D eigenvalue weighted by Gasteiger charge is 2.42. The Hall–Kier alpha value is -1.26. The second-order valence-corrected chi connectivity index (χ2v) is 5.62. The van der Waals surface area contributed by atoms with Crippen LogP contribution in [0.15, 0.2) is 9.95 Å². The van der Waals surface area contributed by atoms with E-state index in [4.69, 9.17) is 11.0 Å². The van der Waals surface area contributed by atoms with Gasteiger partial charge in [0.25, 0.3) is 0 Å². The number of rotatable bonds is 6. The molecule has 0 radical (unpaired) electrons. The van der Waals surface area contributed by atoms with Crippen molar-refractivity contribution in [3.05, 3.63) is 10.5 Å². The normalized spacial score (nSPS) is 18.3. The number of hydrogen-bond acceptors (Lipinski definition) is 5. The summed E-state index contributed by atoms with van der Waals surface area (Å²) < 4.78 is 1.59. The smallest absolute Gasteiger partial charge is 0.312 e. The van der Waals surface area contributed by atoms with Crippen LogP contribution in [0.1, 0.15) is 26.2 Å². The summed E-state index contributed by atoms with van der Waals surface area (Å²) in [5.41, 5.74) is 5.08. The van der Waals surface area contributed by atoms with Crippen LogP contribution in [-0.4, -0.2) is 26.1 Å². The van der Waals surface area contributed by atoms with Gasteiger partial charge in [-0.2, -0.15) is 5.26 Å². The van der Waals surface area contributed by atoms with Crippen molar-refractivity contribution >= 4 is 11.8 Å². The highest BCUT2D eigenvalue weighted by molar-refractivity contribution is 7.99. The molecule has 2 rings (SSSR count). The molecule has 6 nitrogen and oxygen atoms in total. The van der Waals surface area contributed by atoms with E-state index in [1.54, 1.807) is 4.57 Å². The Morgan fingerprint density at radius 3 is 3.00 bits per heavy atom. The highest BCUT2D eigenvalue weighted by atomic mass is 32.2. The van der Waals surface area contributed by atoms with Gasteiger partial charge < -0.3 is 5.73 Å². The molecule has 0 spiro atoms. The summed E-state index contributed by atoms with van der Waals surface area (Å²) in [7, 11) is 0. The first-order valence-corrected chi connectivity index (χ1v) is 7.07. The molecule has 1 aromatic rings. The zero-order valence-electron chi connectivity index (χ0n) is 10.3. The number of nitrogens with zero attached hydrogens (tertiary/aromatic N) is 3. The van der Waals surface area contributed by atoms with E-state index in [-0.39, 0.29) is 5.69 Å². The highest BCUT2D eigenvalue weighted by Crippen LogP contribution is 2.40. The summed E-state index contributed by atoms with van der Waals surface area (Å²) in [5.74, 6) is 0.766. The summed E-state index contributed by atoms with van der Waals surface area (Å²) in [4.78, 5) is 11.5. The van der Waals surface area contributed by atoms with Crippen molar-refractivity contribution in [2.24, 2.45) is 11.7 Å². The molecule has 18 heavy (non-hydrogen) atoms. The van der Waals surface area contributed by atoms with Crippen LogP contribution in [0.4, 0.5) is 0 Å². The summed E-state index contributed by atoms with van der Waals surface area (Å²) in [5, 5.41) is 16.2. The molecule has 0 amide bonds. The van der Waals surface area contributed by atoms with Gasteiger partial charge in [0.05, 0.1) is 6.07 Å². The zero-order chi connectivity index (χ0) is 13.2. The lowest BCUT2D eigenvalue weighted by Crippen LogP contribution is -2.43. The van der Waals surface area contributed by atoms with Crippen LogP contribution in [0.3, 0.4) is 0 Å². The Bertz CT molecular complexity index is 512. The van der Waals surface area contributed by atoms with Crippen LogP contribution in [-0.2, 0) is 6.54 Å². The second-order valence-electron chi connectivity index (χ2n) is 4.68. The summed E-state index contributed by atoms with van der Waals surface area (Å²) in [6.07, 6.45) is 2.90. The first kappa shape index (κ1) is 13.2. The van der Waals surface area contributed by atoms with Crippen LogP contribution in [0.25, 0.3) is 0 Å². The third kappa shape index (κ3) is 2.60. The van der Waals surface area contributed by atoms with Gasteiger partial charge >= 0.3 is 5.69 Å². The van der Waals surface area contributed by atoms with Crippen LogP contribution in [0, 0.1) is 17.2 Å². The van der Waals surface area contributed by atoms with E-state index in [0.717, 1.165) is 19.3 Å². The van der Waals surface area contributed by atoms with Crippen LogP contribution in [0.2, 0.25) is 0 Å². The molecule has 7 heteroatoms. The quantitative estimate of drug-likeness (QED) is 0.739. The van der Waals surface area contributed by atoms with E-state index in [2.05, 4.69) is 16.3 Å². The van der Waals surface area contributed by atoms with Crippen molar-refractivity contribution in [2.45, 2.75) is 43.4 Å². The molecule has 0 aliphatic heterocycles. The van der Waals surface area contributed by atoms with Gasteiger partial charge in [-0.3, -0.25) is 4.57 Å². The standard InChI is InChI=1S/C11H17N5OS/c1-2-5-16-9(17)14-15-10(16)18-7-11(13,6-12)8-3-4-8/h8H,2-5,7,13H2,1H3,(H,14,17). The average molecular weight is 267 g/mol. The monoisotopic (exact) mass is 267 g/mol. The molecule has 1 atom stereocenters. The SMILES string of the molecule is CCCn1c(SCC(N)(C#N)C2CC2)n[nH]c1=O. The minimum atomic E-state index is -0.795. The predicted octanol–water partition coefficient (Wildman–Crippen LogP) is 0.705. The third-order valence-electron chi connectivity index (χ3n) is 3.12. The number of H-pyrrole nitrogens is 1. The Morgan fingerprint density at radius 1 is 1.72 bits per heavy atom. The largest absolute Gasteiger partial charge is 0.343 e. The third-order valence-corrected chi connectivity index (χ3v) is 4.32. The van der Waals surface area contributed by atoms with Crippen molar-refractivity contribution in [1.82, 2.24) is 14.8 Å². The molecule has 1 aliphatic rings. The van der Waals surface area contributed by atoms with E-state index in [9.17, 15) is 4.79 Å². The van der Waals surface area contributed by atoms with E-state index >= 15 is 0 Å². The van der Waals surface area contributed by atoms with Gasteiger partial charge in [0, 0.05) is 12.3 Å². The van der Waals surface area contributed by atoms with Crippen molar-refractivity contribution in [3.63, 3.8) is 0 Å². The number of nitriles is 1. The average Bonchev–Trinajstić information content (AvgIpc) is 3.16. The van der Waals surface area contributed by atoms with E-state index in [1.807, 2.05) is 6.92 Å². The van der Waals surface area contributed by atoms with Crippen molar-refractivity contribution in [2.75, 3.05) is 5.75 Å². The topological polar surface area (TPSA) is 100 Å². The van der Waals surface area contributed by atoms with Crippen molar-refractivity contribution < 1.29 is 0 Å². The summed E-state index contributed by atoms with van der Waals surface area (Å²) in [6.45, 7) is 2.63. The summed E-state index contributed by atoms with van der Waals surface area (Å²) in [6, 6.07) is 2.20. The van der Waals surface area contributed by atoms with Gasteiger partial charge in [-0.25, -0.2) is 9.89 Å². The number of nitrogens with two attached hydrogens (primary N) is 1. The van der Waals surface area contributed by atoms with Gasteiger partial charge in [-0.05, 0) is 25.2 Å². The van der Waals surface area contributed by atoms with Gasteiger partial charge in [0.15, 0.2) is 5.16 Å². The molecule has 3 N–H and O–H groups in total. The molecular weight excluding hydrogens is 250 g/mol. The Labute approximate surface area is 110 Å². The fraction of sp³-hybridized carbons (Fsp3) is 0.727. The van der Waals surface area contributed by atoms with Crippen LogP contribution < -0.4 is 11.4 Å². The Balaban J connectivity index is 2.06. The van der Waals surface area contributed by atoms with Crippen molar-refractivity contribution in [3.8, 4) is 6.07 Å². The van der Waals surface area contributed by atoms with Gasteiger partial charge in [-0.15, -0.1) is 5.10 Å². The number of aromatic nitrogens is 3. The van der Waals surface area contributed by atoms with E-state index in [1.165, 1.54) is 11.8 Å². The van der Waals surface area contributed by atoms with Gasteiger partial charge in [0.1, 0.15) is 5.54 Å². The van der Waals surface area contributed by atoms with Crippen molar-refractivity contribution in [1.29, 1.82) is 5.26 Å². The molecule has 0 aromatic carbocycles. The van der Waals surface area contributed by atoms with Gasteiger partial charge in [0.2, 0.25) is 0 Å². The first-order chi connectivity index (χ1) is 8.60. The van der Waals surface area contributed by atoms with Crippen LogP contribution >= 0.6 is 11.8 Å². The lowest BCUT2D eigenvalue weighted by atomic mass is 10.00. The molecule has 0 bridgehead atoms. The molecule has 98 valence electrons. The maximum Gasteiger partial charge on any atom is 0.343 e. The lowest BCUT2D eigenvalue weighted by molar-refractivity contribution is 0.530. The van der Waals surface area contributed by atoms with Crippen LogP contribution in [0.5, 0.6) is 0 Å². The fourth-order valence-corrected chi connectivity index (χ4v) is 2.97. The fourth-order valence-electron chi connectivity index (χ4n) is 1.86. The zero-order valence-corrected chi connectivity index (χ0v) is 11.2. The first-order valence-electron chi connectivity index (χ1n) is 6.09. The van der Waals surface area contributed by atoms with E-state index in [0.29, 0.717) is 23.4 Å². The Kier molecular flexibility index (Phi) is 3.78. The maximum absolute atomic E-state index is 11.5. The Morgan fingerprint density at radius 2 is 2.44 bits per heavy atom. The molecule has 1 aliphatic carbocycles. The number of hydrogen-bond donors (Lipinski definition) is 2. The minimum Gasteiger partial charge on any atom is -0.312 e.